The molecule has 1 saturated heterocycles. The van der Waals surface area contributed by atoms with E-state index in [9.17, 15) is 9.59 Å². The number of benzene rings is 1. The largest absolute Gasteiger partial charge is 0.378 e. The summed E-state index contributed by atoms with van der Waals surface area (Å²) in [6.45, 7) is 3.55. The van der Waals surface area contributed by atoms with Gasteiger partial charge in [0, 0.05) is 37.9 Å². The molecule has 0 spiro atoms. The van der Waals surface area contributed by atoms with Crippen molar-refractivity contribution in [1.82, 2.24) is 4.90 Å². The van der Waals surface area contributed by atoms with Gasteiger partial charge in [0.2, 0.25) is 5.91 Å². The normalized spacial score (nSPS) is 16.8. The molecule has 1 atom stereocenters. The minimum atomic E-state index is -0.0213. The minimum Gasteiger partial charge on any atom is -0.378 e. The molecule has 1 fully saturated rings. The Hall–Kier alpha value is -1.88. The average molecular weight is 332 g/mol. The van der Waals surface area contributed by atoms with Gasteiger partial charge >= 0.3 is 0 Å². The predicted molar refractivity (Wildman–Crippen MR) is 95.1 cm³/mol. The van der Waals surface area contributed by atoms with Gasteiger partial charge in [-0.2, -0.15) is 0 Å². The summed E-state index contributed by atoms with van der Waals surface area (Å²) in [5.74, 6) is -0.0408. The lowest BCUT2D eigenvalue weighted by Gasteiger charge is -2.18. The second-order valence-electron chi connectivity index (χ2n) is 6.38. The third kappa shape index (κ3) is 5.64. The Morgan fingerprint density at radius 2 is 2.21 bits per heavy atom. The van der Waals surface area contributed by atoms with Crippen LogP contribution in [0.3, 0.4) is 0 Å². The van der Waals surface area contributed by atoms with Crippen LogP contribution in [-0.4, -0.2) is 43.0 Å². The number of rotatable bonds is 8. The number of nitrogens with zero attached hydrogens (tertiary/aromatic N) is 1. The Bertz CT molecular complexity index is 553. The highest BCUT2D eigenvalue weighted by Crippen LogP contribution is 2.17. The van der Waals surface area contributed by atoms with Crippen LogP contribution in [0.5, 0.6) is 0 Å². The molecule has 5 heteroatoms. The van der Waals surface area contributed by atoms with Crippen molar-refractivity contribution >= 4 is 17.5 Å². The zero-order valence-electron chi connectivity index (χ0n) is 14.7. The second kappa shape index (κ2) is 9.42. The van der Waals surface area contributed by atoms with Gasteiger partial charge in [0.15, 0.2) is 0 Å². The summed E-state index contributed by atoms with van der Waals surface area (Å²) >= 11 is 0. The molecule has 132 valence electrons. The molecular formula is C19H28N2O3. The monoisotopic (exact) mass is 332 g/mol. The molecule has 0 bridgehead atoms. The van der Waals surface area contributed by atoms with E-state index in [1.165, 1.54) is 0 Å². The summed E-state index contributed by atoms with van der Waals surface area (Å²) in [4.78, 5) is 25.9. The first-order chi connectivity index (χ1) is 11.6. The number of ether oxygens (including phenoxy) is 1. The maximum Gasteiger partial charge on any atom is 0.253 e. The molecule has 1 aromatic carbocycles. The minimum absolute atomic E-state index is 0.0195. The first-order valence-corrected chi connectivity index (χ1v) is 8.87. The fourth-order valence-electron chi connectivity index (χ4n) is 2.93. The van der Waals surface area contributed by atoms with Crippen molar-refractivity contribution in [2.75, 3.05) is 25.5 Å². The highest BCUT2D eigenvalue weighted by molar-refractivity contribution is 5.97. The molecule has 0 aliphatic carbocycles. The van der Waals surface area contributed by atoms with Crippen LogP contribution in [0, 0.1) is 0 Å². The Labute approximate surface area is 144 Å². The third-order valence-electron chi connectivity index (χ3n) is 4.26. The first-order valence-electron chi connectivity index (χ1n) is 8.87. The van der Waals surface area contributed by atoms with Crippen molar-refractivity contribution in [3.63, 3.8) is 0 Å². The molecule has 0 saturated carbocycles. The van der Waals surface area contributed by atoms with Crippen molar-refractivity contribution in [2.45, 2.75) is 51.6 Å². The molecule has 5 nitrogen and oxygen atoms in total. The van der Waals surface area contributed by atoms with Gasteiger partial charge in [0.1, 0.15) is 0 Å². The van der Waals surface area contributed by atoms with Crippen molar-refractivity contribution in [2.24, 2.45) is 0 Å². The Morgan fingerprint density at radius 1 is 1.38 bits per heavy atom. The molecule has 2 rings (SSSR count). The standard InChI is InChI=1S/C19H28N2O3/c1-3-7-18(22)20-16-9-4-8-15(14-16)19(23)21(2)12-5-10-17-11-6-13-24-17/h4,8-9,14,17H,3,5-7,10-13H2,1-2H3,(H,20,22)/t17-/m0/s1. The van der Waals surface area contributed by atoms with Gasteiger partial charge in [-0.25, -0.2) is 0 Å². The molecule has 1 aliphatic heterocycles. The number of carbonyl (C=O) groups is 2. The fraction of sp³-hybridized carbons (Fsp3) is 0.579. The van der Waals surface area contributed by atoms with E-state index in [-0.39, 0.29) is 11.8 Å². The number of nitrogens with one attached hydrogen (secondary N) is 1. The Kier molecular flexibility index (Phi) is 7.25. The van der Waals surface area contributed by atoms with Gasteiger partial charge < -0.3 is 15.0 Å². The summed E-state index contributed by atoms with van der Waals surface area (Å²) in [5, 5.41) is 2.83. The average Bonchev–Trinajstić information content (AvgIpc) is 3.08. The smallest absolute Gasteiger partial charge is 0.253 e. The molecular weight excluding hydrogens is 304 g/mol. The van der Waals surface area contributed by atoms with Crippen LogP contribution in [0.1, 0.15) is 55.8 Å². The van der Waals surface area contributed by atoms with Gasteiger partial charge in [-0.1, -0.05) is 13.0 Å². The van der Waals surface area contributed by atoms with E-state index >= 15 is 0 Å². The van der Waals surface area contributed by atoms with Gasteiger partial charge in [-0.05, 0) is 50.3 Å². The van der Waals surface area contributed by atoms with Gasteiger partial charge in [0.05, 0.1) is 6.10 Å². The van der Waals surface area contributed by atoms with Crippen molar-refractivity contribution in [3.8, 4) is 0 Å². The summed E-state index contributed by atoms with van der Waals surface area (Å²) < 4.78 is 5.61. The van der Waals surface area contributed by atoms with E-state index in [0.29, 0.717) is 30.3 Å². The van der Waals surface area contributed by atoms with Crippen LogP contribution in [-0.2, 0) is 9.53 Å². The molecule has 24 heavy (non-hydrogen) atoms. The van der Waals surface area contributed by atoms with Crippen molar-refractivity contribution in [1.29, 1.82) is 0 Å². The van der Waals surface area contributed by atoms with E-state index in [1.807, 2.05) is 20.0 Å². The lowest BCUT2D eigenvalue weighted by atomic mass is 10.1. The lowest BCUT2D eigenvalue weighted by molar-refractivity contribution is -0.116. The highest BCUT2D eigenvalue weighted by Gasteiger charge is 2.17. The molecule has 1 N–H and O–H groups in total. The topological polar surface area (TPSA) is 58.6 Å². The van der Waals surface area contributed by atoms with E-state index in [4.69, 9.17) is 4.74 Å². The van der Waals surface area contributed by atoms with Gasteiger partial charge in [-0.3, -0.25) is 9.59 Å². The molecule has 2 amide bonds. The van der Waals surface area contributed by atoms with Crippen LogP contribution in [0.2, 0.25) is 0 Å². The Balaban J connectivity index is 1.84. The quantitative estimate of drug-likeness (QED) is 0.793. The number of hydrogen-bond acceptors (Lipinski definition) is 3. The third-order valence-corrected chi connectivity index (χ3v) is 4.26. The van der Waals surface area contributed by atoms with Crippen LogP contribution in [0.15, 0.2) is 24.3 Å². The maximum atomic E-state index is 12.5. The predicted octanol–water partition coefficient (Wildman–Crippen LogP) is 3.46. The summed E-state index contributed by atoms with van der Waals surface area (Å²) in [5.41, 5.74) is 1.27. The summed E-state index contributed by atoms with van der Waals surface area (Å²) in [6, 6.07) is 7.14. The van der Waals surface area contributed by atoms with Gasteiger partial charge in [-0.15, -0.1) is 0 Å². The van der Waals surface area contributed by atoms with Gasteiger partial charge in [0.25, 0.3) is 5.91 Å². The summed E-state index contributed by atoms with van der Waals surface area (Å²) in [7, 11) is 1.82. The van der Waals surface area contributed by atoms with Crippen molar-refractivity contribution < 1.29 is 14.3 Å². The molecule has 1 aromatic rings. The molecule has 0 radical (unpaired) electrons. The highest BCUT2D eigenvalue weighted by atomic mass is 16.5. The number of amides is 2. The van der Waals surface area contributed by atoms with Crippen LogP contribution in [0.25, 0.3) is 0 Å². The first kappa shape index (κ1) is 18.5. The summed E-state index contributed by atoms with van der Waals surface area (Å²) in [6.07, 6.45) is 5.89. The fourth-order valence-corrected chi connectivity index (χ4v) is 2.93. The zero-order chi connectivity index (χ0) is 17.4. The molecule has 0 unspecified atom stereocenters. The van der Waals surface area contributed by atoms with E-state index < -0.39 is 0 Å². The van der Waals surface area contributed by atoms with E-state index in [0.717, 1.165) is 38.7 Å². The SMILES string of the molecule is CCCC(=O)Nc1cccc(C(=O)N(C)CCC[C@H]2CCCO2)c1. The number of carbonyl (C=O) groups excluding carboxylic acids is 2. The molecule has 1 heterocycles. The second-order valence-corrected chi connectivity index (χ2v) is 6.38. The van der Waals surface area contributed by atoms with Crippen LogP contribution in [0.4, 0.5) is 5.69 Å². The van der Waals surface area contributed by atoms with Crippen molar-refractivity contribution in [3.05, 3.63) is 29.8 Å². The number of hydrogen-bond donors (Lipinski definition) is 1. The zero-order valence-corrected chi connectivity index (χ0v) is 14.7. The lowest BCUT2D eigenvalue weighted by Crippen LogP contribution is -2.28. The molecule has 0 aromatic heterocycles. The Morgan fingerprint density at radius 3 is 2.92 bits per heavy atom. The molecule has 1 aliphatic rings. The van der Waals surface area contributed by atoms with Crippen LogP contribution < -0.4 is 5.32 Å². The van der Waals surface area contributed by atoms with E-state index in [2.05, 4.69) is 5.32 Å². The number of anilines is 1. The van der Waals surface area contributed by atoms with Crippen LogP contribution >= 0.6 is 0 Å². The maximum absolute atomic E-state index is 12.5. The van der Waals surface area contributed by atoms with E-state index in [1.54, 1.807) is 23.1 Å².